The van der Waals surface area contributed by atoms with Gasteiger partial charge >= 0.3 is 6.18 Å². The minimum Gasteiger partial charge on any atom is -0.455 e. The number of H-pyrrole nitrogens is 1. The average molecular weight is 937 g/mol. The number of piperazine rings is 1. The Morgan fingerprint density at radius 1 is 1.00 bits per heavy atom. The molecule has 4 heterocycles. The van der Waals surface area contributed by atoms with E-state index < -0.39 is 49.2 Å². The molecule has 5 aliphatic rings. The number of benzene rings is 2. The minimum atomic E-state index is -4.67. The van der Waals surface area contributed by atoms with Gasteiger partial charge in [0.15, 0.2) is 0 Å². The number of nitro benzene ring substituents is 1. The fraction of sp³-hybridized carbons (Fsp3) is 0.532. The smallest absolute Gasteiger partial charge is 0.392 e. The molecular formula is C47H56F4N8O6S. The number of likely N-dealkylation sites (tertiary alicyclic amines) is 1. The van der Waals surface area contributed by atoms with Crippen LogP contribution >= 0.6 is 0 Å². The van der Waals surface area contributed by atoms with E-state index in [0.717, 1.165) is 49.0 Å². The molecule has 2 aliphatic heterocycles. The van der Waals surface area contributed by atoms with Crippen molar-refractivity contribution >= 4 is 44.0 Å². The van der Waals surface area contributed by atoms with Crippen LogP contribution in [0.25, 0.3) is 11.0 Å². The predicted octanol–water partition coefficient (Wildman–Crippen LogP) is 8.69. The van der Waals surface area contributed by atoms with Gasteiger partial charge in [-0.3, -0.25) is 19.8 Å². The molecule has 14 nitrogen and oxygen atoms in total. The van der Waals surface area contributed by atoms with Gasteiger partial charge < -0.3 is 24.8 Å². The van der Waals surface area contributed by atoms with Crippen LogP contribution in [0.3, 0.4) is 0 Å². The van der Waals surface area contributed by atoms with Gasteiger partial charge in [-0.1, -0.05) is 25.0 Å². The Morgan fingerprint density at radius 2 is 1.76 bits per heavy atom. The number of ether oxygens (including phenoxy) is 1. The summed E-state index contributed by atoms with van der Waals surface area (Å²) < 4.78 is 93.1. The fourth-order valence-electron chi connectivity index (χ4n) is 10.7. The fourth-order valence-corrected chi connectivity index (χ4v) is 11.7. The Morgan fingerprint density at radius 3 is 2.47 bits per heavy atom. The maximum Gasteiger partial charge on any atom is 0.392 e. The molecule has 2 unspecified atom stereocenters. The molecule has 0 radical (unpaired) electrons. The normalized spacial score (nSPS) is 24.6. The first kappa shape index (κ1) is 45.9. The molecule has 2 saturated heterocycles. The monoisotopic (exact) mass is 936 g/mol. The number of nitrogens with one attached hydrogen (secondary N) is 3. The highest BCUT2D eigenvalue weighted by Gasteiger charge is 2.63. The number of rotatable bonds is 13. The summed E-state index contributed by atoms with van der Waals surface area (Å²) in [5.41, 5.74) is 1.60. The maximum atomic E-state index is 15.5. The van der Waals surface area contributed by atoms with Crippen LogP contribution in [0.2, 0.25) is 0 Å². The van der Waals surface area contributed by atoms with Crippen LogP contribution in [0.15, 0.2) is 77.0 Å². The molecule has 4 aromatic rings. The number of halogens is 4. The highest BCUT2D eigenvalue weighted by molar-refractivity contribution is 7.90. The van der Waals surface area contributed by atoms with Crippen molar-refractivity contribution in [3.8, 4) is 11.5 Å². The molecule has 3 aliphatic carbocycles. The number of carbonyl (C=O) groups is 1. The summed E-state index contributed by atoms with van der Waals surface area (Å²) in [5, 5.41) is 15.7. The Labute approximate surface area is 381 Å². The van der Waals surface area contributed by atoms with Crippen molar-refractivity contribution < 1.29 is 40.4 Å². The van der Waals surface area contributed by atoms with Crippen molar-refractivity contribution in [3.63, 3.8) is 0 Å². The number of amides is 1. The third-order valence-corrected chi connectivity index (χ3v) is 16.0. The predicted molar refractivity (Wildman–Crippen MR) is 242 cm³/mol. The van der Waals surface area contributed by atoms with Crippen molar-refractivity contribution in [2.75, 3.05) is 69.6 Å². The van der Waals surface area contributed by atoms with Crippen molar-refractivity contribution in [1.29, 1.82) is 0 Å². The number of hydrogen-bond donors (Lipinski definition) is 3. The first-order valence-electron chi connectivity index (χ1n) is 22.7. The highest BCUT2D eigenvalue weighted by Crippen LogP contribution is 2.66. The number of aromatic nitrogens is 2. The molecule has 354 valence electrons. The van der Waals surface area contributed by atoms with Crippen LogP contribution in [-0.2, 0) is 10.0 Å². The van der Waals surface area contributed by atoms with E-state index in [1.165, 1.54) is 29.5 Å². The summed E-state index contributed by atoms with van der Waals surface area (Å²) >= 11 is 0. The number of hydrogen-bond acceptors (Lipinski definition) is 11. The van der Waals surface area contributed by atoms with E-state index in [4.69, 9.17) is 4.74 Å². The molecule has 3 N–H and O–H groups in total. The van der Waals surface area contributed by atoms with Crippen molar-refractivity contribution in [2.24, 2.45) is 29.1 Å². The Bertz CT molecular complexity index is 2660. The third kappa shape index (κ3) is 9.74. The zero-order valence-electron chi connectivity index (χ0n) is 37.3. The van der Waals surface area contributed by atoms with Crippen LogP contribution < -0.4 is 19.7 Å². The quantitative estimate of drug-likeness (QED) is 0.0508. The second-order valence-corrected chi connectivity index (χ2v) is 21.5. The number of piperidine rings is 1. The first-order valence-corrected chi connectivity index (χ1v) is 24.2. The lowest BCUT2D eigenvalue weighted by Gasteiger charge is -2.40. The molecule has 9 rings (SSSR count). The van der Waals surface area contributed by atoms with Gasteiger partial charge in [-0.15, -0.1) is 0 Å². The molecular weight excluding hydrogens is 881 g/mol. The third-order valence-electron chi connectivity index (χ3n) is 14.7. The number of nitro groups is 1. The summed E-state index contributed by atoms with van der Waals surface area (Å²) in [6.07, 6.45) is 3.11. The SMILES string of the molecule is CN1CCC(F)(CNc2ccc(S(=O)(=O)NC(=O)c3ccc(N4CCN(CC5=C([C@@H]6C[C@H](C(F)(F)F)C7CC76)CC(C)(C)CC5)CC4)cc3Oc3cnc4[nH]ccc4c3)cc2[N+](=O)[O-])CC1. The Hall–Kier alpha value is -5.27. The van der Waals surface area contributed by atoms with Gasteiger partial charge in [0.05, 0.1) is 27.5 Å². The summed E-state index contributed by atoms with van der Waals surface area (Å²) in [5.74, 6) is -2.00. The van der Waals surface area contributed by atoms with E-state index >= 15 is 4.39 Å². The summed E-state index contributed by atoms with van der Waals surface area (Å²) in [4.78, 5) is 38.7. The Kier molecular flexibility index (Phi) is 12.1. The number of alkyl halides is 4. The number of anilines is 2. The molecule has 0 spiro atoms. The standard InChI is InChI=1S/C47H56F4N8O6S/c1-45(2)10-8-30(38(25-45)36-24-39(47(49,50)51)37-23-35(36)37)27-57-16-18-58(19-17-57)31-4-6-34(42(21-31)65-32-20-29-9-13-52-43(29)53-26-32)44(60)55-66(63,64)33-5-7-40(41(22-33)59(61)62)54-28-46(48)11-14-56(3)15-12-46/h4-7,9,13,20-22,26,35-37,39,54H,8,10-12,14-19,23-25,27-28H2,1-3H3,(H,52,53)(H,55,60)/t35?,36-,37?,39+/m1/s1. The lowest BCUT2D eigenvalue weighted by Crippen LogP contribution is -2.47. The summed E-state index contributed by atoms with van der Waals surface area (Å²) in [6, 6.07) is 11.5. The van der Waals surface area contributed by atoms with Crippen molar-refractivity contribution in [2.45, 2.75) is 75.5 Å². The Balaban J connectivity index is 0.916. The minimum absolute atomic E-state index is 0.00136. The zero-order valence-corrected chi connectivity index (χ0v) is 38.1. The van der Waals surface area contributed by atoms with Gasteiger partial charge in [-0.25, -0.2) is 22.5 Å². The van der Waals surface area contributed by atoms with E-state index in [1.807, 2.05) is 11.9 Å². The molecule has 0 bridgehead atoms. The topological polar surface area (TPSA) is 166 Å². The zero-order chi connectivity index (χ0) is 46.8. The lowest BCUT2D eigenvalue weighted by molar-refractivity contribution is -0.384. The van der Waals surface area contributed by atoms with Gasteiger partial charge in [0.25, 0.3) is 21.6 Å². The molecule has 19 heteroatoms. The number of sulfonamides is 1. The van der Waals surface area contributed by atoms with E-state index in [9.17, 15) is 36.5 Å². The van der Waals surface area contributed by atoms with Gasteiger partial charge in [0.1, 0.15) is 28.5 Å². The number of carbonyl (C=O) groups excluding carboxylic acids is 1. The largest absolute Gasteiger partial charge is 0.455 e. The average Bonchev–Trinajstić information content (AvgIpc) is 3.72. The van der Waals surface area contributed by atoms with E-state index in [1.54, 1.807) is 30.5 Å². The van der Waals surface area contributed by atoms with Gasteiger partial charge in [0, 0.05) is 81.8 Å². The van der Waals surface area contributed by atoms with Gasteiger partial charge in [0.2, 0.25) is 0 Å². The van der Waals surface area contributed by atoms with Gasteiger partial charge in [-0.05, 0) is 112 Å². The van der Waals surface area contributed by atoms with Crippen LogP contribution in [0.5, 0.6) is 11.5 Å². The second-order valence-electron chi connectivity index (χ2n) is 19.8. The molecule has 4 atom stereocenters. The maximum absolute atomic E-state index is 15.5. The number of aromatic amines is 1. The molecule has 1 amide bonds. The molecule has 66 heavy (non-hydrogen) atoms. The van der Waals surface area contributed by atoms with E-state index in [-0.39, 0.29) is 71.7 Å². The van der Waals surface area contributed by atoms with Crippen LogP contribution in [0.1, 0.15) is 69.2 Å². The summed E-state index contributed by atoms with van der Waals surface area (Å²) in [7, 11) is -2.78. The number of allylic oxidation sites excluding steroid dienone is 1. The van der Waals surface area contributed by atoms with E-state index in [2.05, 4.69) is 43.7 Å². The molecule has 4 fully saturated rings. The van der Waals surface area contributed by atoms with Crippen molar-refractivity contribution in [1.82, 2.24) is 24.5 Å². The molecule has 2 aromatic heterocycles. The molecule has 2 aromatic carbocycles. The summed E-state index contributed by atoms with van der Waals surface area (Å²) in [6.45, 7) is 8.65. The number of fused-ring (bicyclic) bond motifs is 2. The van der Waals surface area contributed by atoms with Crippen LogP contribution in [0.4, 0.5) is 34.6 Å². The second kappa shape index (κ2) is 17.4. The van der Waals surface area contributed by atoms with Gasteiger partial charge in [-0.2, -0.15) is 13.2 Å². The first-order chi connectivity index (χ1) is 31.2. The number of pyridine rings is 1. The number of nitrogens with zero attached hydrogens (tertiary/aromatic N) is 5. The molecule has 2 saturated carbocycles. The van der Waals surface area contributed by atoms with Crippen LogP contribution in [-0.4, -0.2) is 110 Å². The van der Waals surface area contributed by atoms with Crippen molar-refractivity contribution in [3.05, 3.63) is 87.7 Å². The van der Waals surface area contributed by atoms with Crippen LogP contribution in [0, 0.1) is 39.2 Å². The van der Waals surface area contributed by atoms with E-state index in [0.29, 0.717) is 51.3 Å². The lowest BCUT2D eigenvalue weighted by atomic mass is 9.69. The highest BCUT2D eigenvalue weighted by atomic mass is 32.2.